The number of rotatable bonds is 6. The van der Waals surface area contributed by atoms with Crippen LogP contribution < -0.4 is 9.47 Å². The minimum absolute atomic E-state index is 0.0246. The second-order valence-corrected chi connectivity index (χ2v) is 7.03. The topological polar surface area (TPSA) is 38.8 Å². The van der Waals surface area contributed by atoms with Gasteiger partial charge in [-0.3, -0.25) is 4.79 Å². The van der Waals surface area contributed by atoms with Gasteiger partial charge in [0, 0.05) is 11.0 Å². The molecular formula is C20H21BrFNO3. The number of nitrogens with zero attached hydrogens (tertiary/aromatic N) is 1. The predicted molar refractivity (Wildman–Crippen MR) is 101 cm³/mol. The fourth-order valence-corrected chi connectivity index (χ4v) is 3.51. The van der Waals surface area contributed by atoms with Crippen LogP contribution in [0.3, 0.4) is 0 Å². The summed E-state index contributed by atoms with van der Waals surface area (Å²) in [5.41, 5.74) is 1.08. The average Bonchev–Trinajstić information content (AvgIpc) is 3.11. The summed E-state index contributed by atoms with van der Waals surface area (Å²) in [5, 5.41) is 0. The van der Waals surface area contributed by atoms with Gasteiger partial charge in [-0.25, -0.2) is 4.39 Å². The summed E-state index contributed by atoms with van der Waals surface area (Å²) in [6, 6.07) is 12.4. The lowest BCUT2D eigenvalue weighted by atomic mass is 10.0. The molecule has 1 amide bonds. The van der Waals surface area contributed by atoms with Crippen LogP contribution in [0, 0.1) is 5.82 Å². The molecule has 0 aliphatic carbocycles. The lowest BCUT2D eigenvalue weighted by Gasteiger charge is -2.25. The quantitative estimate of drug-likeness (QED) is 0.676. The van der Waals surface area contributed by atoms with Gasteiger partial charge >= 0.3 is 0 Å². The second kappa shape index (κ2) is 8.54. The van der Waals surface area contributed by atoms with E-state index in [0.717, 1.165) is 24.2 Å². The van der Waals surface area contributed by atoms with Crippen molar-refractivity contribution in [1.82, 2.24) is 4.90 Å². The summed E-state index contributed by atoms with van der Waals surface area (Å²) in [6.45, 7) is 3.08. The molecule has 0 unspecified atom stereocenters. The SMILES string of the molecule is CCOc1ccc([C@@H]2CCCN2C(=O)COc2ccc(Br)cc2F)cc1. The molecule has 2 aromatic carbocycles. The summed E-state index contributed by atoms with van der Waals surface area (Å²) in [7, 11) is 0. The molecule has 4 nitrogen and oxygen atoms in total. The molecule has 0 saturated carbocycles. The number of carbonyl (C=O) groups is 1. The van der Waals surface area contributed by atoms with E-state index in [0.29, 0.717) is 17.6 Å². The molecule has 1 fully saturated rings. The fraction of sp³-hybridized carbons (Fsp3) is 0.350. The first kappa shape index (κ1) is 18.7. The smallest absolute Gasteiger partial charge is 0.261 e. The van der Waals surface area contributed by atoms with Crippen LogP contribution in [0.4, 0.5) is 4.39 Å². The minimum Gasteiger partial charge on any atom is -0.494 e. The van der Waals surface area contributed by atoms with Crippen molar-refractivity contribution in [3.8, 4) is 11.5 Å². The summed E-state index contributed by atoms with van der Waals surface area (Å²) in [6.07, 6.45) is 1.85. The highest BCUT2D eigenvalue weighted by atomic mass is 79.9. The van der Waals surface area contributed by atoms with E-state index < -0.39 is 5.82 Å². The van der Waals surface area contributed by atoms with E-state index in [4.69, 9.17) is 9.47 Å². The molecule has 1 saturated heterocycles. The van der Waals surface area contributed by atoms with Gasteiger partial charge in [-0.2, -0.15) is 0 Å². The highest BCUT2D eigenvalue weighted by molar-refractivity contribution is 9.10. The van der Waals surface area contributed by atoms with Gasteiger partial charge in [0.1, 0.15) is 5.75 Å². The molecule has 0 radical (unpaired) electrons. The van der Waals surface area contributed by atoms with Crippen molar-refractivity contribution in [2.45, 2.75) is 25.8 Å². The molecule has 3 rings (SSSR count). The maximum absolute atomic E-state index is 13.8. The third-order valence-corrected chi connectivity index (χ3v) is 4.89. The zero-order valence-corrected chi connectivity index (χ0v) is 16.2. The molecule has 1 atom stereocenters. The van der Waals surface area contributed by atoms with Crippen molar-refractivity contribution < 1.29 is 18.7 Å². The van der Waals surface area contributed by atoms with Gasteiger partial charge in [-0.1, -0.05) is 28.1 Å². The van der Waals surface area contributed by atoms with Crippen LogP contribution in [-0.2, 0) is 4.79 Å². The van der Waals surface area contributed by atoms with Crippen LogP contribution in [0.15, 0.2) is 46.9 Å². The lowest BCUT2D eigenvalue weighted by Crippen LogP contribution is -2.34. The molecule has 0 bridgehead atoms. The van der Waals surface area contributed by atoms with Crippen LogP contribution in [0.5, 0.6) is 11.5 Å². The van der Waals surface area contributed by atoms with E-state index in [-0.39, 0.29) is 24.3 Å². The summed E-state index contributed by atoms with van der Waals surface area (Å²) in [5.74, 6) is 0.278. The third-order valence-electron chi connectivity index (χ3n) is 4.39. The Morgan fingerprint density at radius 2 is 2.00 bits per heavy atom. The van der Waals surface area contributed by atoms with E-state index >= 15 is 0 Å². The predicted octanol–water partition coefficient (Wildman–Crippen LogP) is 4.73. The summed E-state index contributed by atoms with van der Waals surface area (Å²) >= 11 is 3.20. The molecule has 0 N–H and O–H groups in total. The van der Waals surface area contributed by atoms with Crippen molar-refractivity contribution in [1.29, 1.82) is 0 Å². The Morgan fingerprint density at radius 3 is 2.69 bits per heavy atom. The van der Waals surface area contributed by atoms with E-state index in [2.05, 4.69) is 15.9 Å². The molecule has 26 heavy (non-hydrogen) atoms. The monoisotopic (exact) mass is 421 g/mol. The van der Waals surface area contributed by atoms with Gasteiger partial charge in [-0.15, -0.1) is 0 Å². The summed E-state index contributed by atoms with van der Waals surface area (Å²) < 4.78 is 25.3. The van der Waals surface area contributed by atoms with E-state index in [1.165, 1.54) is 12.1 Å². The van der Waals surface area contributed by atoms with Crippen LogP contribution in [0.25, 0.3) is 0 Å². The number of carbonyl (C=O) groups excluding carboxylic acids is 1. The first-order valence-electron chi connectivity index (χ1n) is 8.68. The average molecular weight is 422 g/mol. The largest absolute Gasteiger partial charge is 0.494 e. The van der Waals surface area contributed by atoms with Gasteiger partial charge in [0.15, 0.2) is 18.2 Å². The minimum atomic E-state index is -0.489. The van der Waals surface area contributed by atoms with Gasteiger partial charge in [0.05, 0.1) is 12.6 Å². The number of halogens is 2. The molecule has 1 heterocycles. The molecule has 138 valence electrons. The van der Waals surface area contributed by atoms with Crippen molar-refractivity contribution in [3.05, 3.63) is 58.3 Å². The van der Waals surface area contributed by atoms with Crippen LogP contribution >= 0.6 is 15.9 Å². The number of hydrogen-bond donors (Lipinski definition) is 0. The second-order valence-electron chi connectivity index (χ2n) is 6.11. The zero-order valence-electron chi connectivity index (χ0n) is 14.6. The van der Waals surface area contributed by atoms with E-state index in [1.54, 1.807) is 6.07 Å². The van der Waals surface area contributed by atoms with Gasteiger partial charge in [0.25, 0.3) is 5.91 Å². The Kier molecular flexibility index (Phi) is 6.14. The number of amides is 1. The normalized spacial score (nSPS) is 16.6. The van der Waals surface area contributed by atoms with Gasteiger partial charge in [0.2, 0.25) is 0 Å². The number of benzene rings is 2. The van der Waals surface area contributed by atoms with Crippen molar-refractivity contribution in [2.24, 2.45) is 0 Å². The Labute approximate surface area is 161 Å². The highest BCUT2D eigenvalue weighted by Gasteiger charge is 2.30. The zero-order chi connectivity index (χ0) is 18.5. The van der Waals surface area contributed by atoms with Gasteiger partial charge < -0.3 is 14.4 Å². The molecule has 0 aromatic heterocycles. The molecular weight excluding hydrogens is 401 g/mol. The number of ether oxygens (including phenoxy) is 2. The van der Waals surface area contributed by atoms with Crippen molar-refractivity contribution in [2.75, 3.05) is 19.8 Å². The van der Waals surface area contributed by atoms with Crippen LogP contribution in [0.1, 0.15) is 31.4 Å². The van der Waals surface area contributed by atoms with Crippen molar-refractivity contribution in [3.63, 3.8) is 0 Å². The standard InChI is InChI=1S/C20H21BrFNO3/c1-2-25-16-8-5-14(6-9-16)18-4-3-11-23(18)20(24)13-26-19-10-7-15(21)12-17(19)22/h5-10,12,18H,2-4,11,13H2,1H3/t18-/m0/s1. The third kappa shape index (κ3) is 4.36. The Morgan fingerprint density at radius 1 is 1.23 bits per heavy atom. The molecule has 0 spiro atoms. The molecule has 6 heteroatoms. The number of likely N-dealkylation sites (tertiary alicyclic amines) is 1. The van der Waals surface area contributed by atoms with Crippen LogP contribution in [0.2, 0.25) is 0 Å². The Hall–Kier alpha value is -2.08. The van der Waals surface area contributed by atoms with E-state index in [1.807, 2.05) is 36.1 Å². The highest BCUT2D eigenvalue weighted by Crippen LogP contribution is 2.33. The summed E-state index contributed by atoms with van der Waals surface area (Å²) in [4.78, 5) is 14.4. The Balaban J connectivity index is 1.64. The fourth-order valence-electron chi connectivity index (χ4n) is 3.18. The molecule has 1 aliphatic heterocycles. The maximum Gasteiger partial charge on any atom is 0.261 e. The van der Waals surface area contributed by atoms with E-state index in [9.17, 15) is 9.18 Å². The molecule has 1 aliphatic rings. The number of hydrogen-bond acceptors (Lipinski definition) is 3. The maximum atomic E-state index is 13.8. The first-order chi connectivity index (χ1) is 12.6. The first-order valence-corrected chi connectivity index (χ1v) is 9.48. The van der Waals surface area contributed by atoms with Crippen LogP contribution in [-0.4, -0.2) is 30.6 Å². The van der Waals surface area contributed by atoms with Crippen molar-refractivity contribution >= 4 is 21.8 Å². The lowest BCUT2D eigenvalue weighted by molar-refractivity contribution is -0.134. The van der Waals surface area contributed by atoms with Gasteiger partial charge in [-0.05, 0) is 55.7 Å². The Bertz CT molecular complexity index is 766. The molecule has 2 aromatic rings.